The molecule has 1 aliphatic heterocycles. The van der Waals surface area contributed by atoms with Crippen LogP contribution >= 0.6 is 0 Å². The number of anilines is 1. The van der Waals surface area contributed by atoms with E-state index in [4.69, 9.17) is 9.47 Å². The van der Waals surface area contributed by atoms with Gasteiger partial charge in [-0.15, -0.1) is 0 Å². The number of rotatable bonds is 6. The number of likely N-dealkylation sites (N-methyl/N-ethyl adjacent to an activating group) is 1. The Morgan fingerprint density at radius 3 is 2.87 bits per heavy atom. The molecule has 1 atom stereocenters. The van der Waals surface area contributed by atoms with E-state index in [9.17, 15) is 8.42 Å². The normalized spacial score (nSPS) is 19.7. The first-order valence-corrected chi connectivity index (χ1v) is 9.28. The van der Waals surface area contributed by atoms with E-state index < -0.39 is 10.0 Å². The zero-order valence-corrected chi connectivity index (χ0v) is 14.8. The topological polar surface area (TPSA) is 84.9 Å². The molecule has 9 heteroatoms. The fraction of sp³-hybridized carbons (Fsp3) is 0.714. The SMILES string of the molecule is COCCN(C)c1cc([C@H]2CN(S(C)(=O)=O)CCO2)nc(C)n1. The molecule has 0 saturated carbocycles. The number of nitrogens with zero attached hydrogens (tertiary/aromatic N) is 4. The molecule has 23 heavy (non-hydrogen) atoms. The lowest BCUT2D eigenvalue weighted by atomic mass is 10.2. The van der Waals surface area contributed by atoms with Crippen LogP contribution in [0, 0.1) is 6.92 Å². The fourth-order valence-electron chi connectivity index (χ4n) is 2.38. The number of hydrogen-bond acceptors (Lipinski definition) is 7. The second-order valence-corrected chi connectivity index (χ2v) is 7.58. The molecule has 2 rings (SSSR count). The Hall–Kier alpha value is -1.29. The van der Waals surface area contributed by atoms with Gasteiger partial charge < -0.3 is 14.4 Å². The molecule has 0 N–H and O–H groups in total. The number of ether oxygens (including phenoxy) is 2. The van der Waals surface area contributed by atoms with Gasteiger partial charge in [0.2, 0.25) is 10.0 Å². The van der Waals surface area contributed by atoms with Gasteiger partial charge in [0.15, 0.2) is 0 Å². The molecule has 1 aromatic heterocycles. The van der Waals surface area contributed by atoms with E-state index in [1.807, 2.05) is 24.9 Å². The molecule has 1 saturated heterocycles. The molecule has 0 bridgehead atoms. The average molecular weight is 344 g/mol. The Balaban J connectivity index is 2.20. The molecule has 0 radical (unpaired) electrons. The standard InChI is InChI=1S/C14H24N4O4S/c1-11-15-12(9-14(16-11)17(2)5-7-21-3)13-10-18(6-8-22-13)23(4,19)20/h9,13H,5-8,10H2,1-4H3/t13-/m1/s1. The largest absolute Gasteiger partial charge is 0.383 e. The molecule has 8 nitrogen and oxygen atoms in total. The second-order valence-electron chi connectivity index (χ2n) is 5.59. The van der Waals surface area contributed by atoms with Crippen LogP contribution in [0.2, 0.25) is 0 Å². The lowest BCUT2D eigenvalue weighted by Crippen LogP contribution is -2.42. The van der Waals surface area contributed by atoms with Gasteiger partial charge in [-0.25, -0.2) is 18.4 Å². The van der Waals surface area contributed by atoms with Crippen LogP contribution in [0.25, 0.3) is 0 Å². The molecular weight excluding hydrogens is 320 g/mol. The van der Waals surface area contributed by atoms with Gasteiger partial charge in [0.25, 0.3) is 0 Å². The van der Waals surface area contributed by atoms with Gasteiger partial charge in [-0.1, -0.05) is 0 Å². The highest BCUT2D eigenvalue weighted by Crippen LogP contribution is 2.24. The van der Waals surface area contributed by atoms with E-state index in [1.54, 1.807) is 7.11 Å². The van der Waals surface area contributed by atoms with Crippen LogP contribution in [0.4, 0.5) is 5.82 Å². The van der Waals surface area contributed by atoms with E-state index in [2.05, 4.69) is 9.97 Å². The lowest BCUT2D eigenvalue weighted by molar-refractivity contribution is -0.00485. The summed E-state index contributed by atoms with van der Waals surface area (Å²) < 4.78 is 35.7. The third-order valence-corrected chi connectivity index (χ3v) is 4.96. The van der Waals surface area contributed by atoms with Crippen LogP contribution < -0.4 is 4.90 Å². The predicted octanol–water partition coefficient (Wildman–Crippen LogP) is 0.201. The minimum absolute atomic E-state index is 0.274. The Kier molecular flexibility index (Phi) is 5.90. The van der Waals surface area contributed by atoms with Gasteiger partial charge in [-0.3, -0.25) is 0 Å². The van der Waals surface area contributed by atoms with Crippen molar-refractivity contribution < 1.29 is 17.9 Å². The Morgan fingerprint density at radius 2 is 2.22 bits per heavy atom. The number of morpholine rings is 1. The maximum Gasteiger partial charge on any atom is 0.211 e. The van der Waals surface area contributed by atoms with Crippen molar-refractivity contribution in [2.75, 3.05) is 58.2 Å². The zero-order valence-electron chi connectivity index (χ0n) is 14.0. The van der Waals surface area contributed by atoms with Crippen LogP contribution in [0.15, 0.2) is 6.07 Å². The number of aryl methyl sites for hydroxylation is 1. The van der Waals surface area contributed by atoms with Crippen molar-refractivity contribution in [3.63, 3.8) is 0 Å². The molecule has 2 heterocycles. The highest BCUT2D eigenvalue weighted by atomic mass is 32.2. The smallest absolute Gasteiger partial charge is 0.211 e. The average Bonchev–Trinajstić information content (AvgIpc) is 2.51. The highest BCUT2D eigenvalue weighted by molar-refractivity contribution is 7.88. The molecule has 0 spiro atoms. The number of methoxy groups -OCH3 is 1. The van der Waals surface area contributed by atoms with E-state index in [0.717, 1.165) is 5.82 Å². The number of sulfonamides is 1. The maximum atomic E-state index is 11.7. The molecule has 0 unspecified atom stereocenters. The summed E-state index contributed by atoms with van der Waals surface area (Å²) in [6.45, 7) is 4.12. The van der Waals surface area contributed by atoms with Gasteiger partial charge in [-0.05, 0) is 6.92 Å². The minimum Gasteiger partial charge on any atom is -0.383 e. The summed E-state index contributed by atoms with van der Waals surface area (Å²) in [4.78, 5) is 10.8. The maximum absolute atomic E-state index is 11.7. The van der Waals surface area contributed by atoms with Crippen LogP contribution in [-0.2, 0) is 19.5 Å². The van der Waals surface area contributed by atoms with Crippen molar-refractivity contribution >= 4 is 15.8 Å². The monoisotopic (exact) mass is 344 g/mol. The molecule has 1 aromatic rings. The van der Waals surface area contributed by atoms with Crippen LogP contribution in [0.1, 0.15) is 17.6 Å². The number of hydrogen-bond donors (Lipinski definition) is 0. The molecule has 0 aromatic carbocycles. The summed E-state index contributed by atoms with van der Waals surface area (Å²) >= 11 is 0. The zero-order chi connectivity index (χ0) is 17.0. The summed E-state index contributed by atoms with van der Waals surface area (Å²) in [7, 11) is 0.346. The van der Waals surface area contributed by atoms with Crippen molar-refractivity contribution in [3.05, 3.63) is 17.6 Å². The van der Waals surface area contributed by atoms with E-state index in [1.165, 1.54) is 10.6 Å². The van der Waals surface area contributed by atoms with Gasteiger partial charge in [0.1, 0.15) is 17.7 Å². The molecule has 1 aliphatic rings. The second kappa shape index (κ2) is 7.52. The number of aromatic nitrogens is 2. The van der Waals surface area contributed by atoms with Gasteiger partial charge in [0, 0.05) is 39.9 Å². The van der Waals surface area contributed by atoms with E-state index in [0.29, 0.717) is 37.8 Å². The Bertz CT molecular complexity index is 638. The first kappa shape index (κ1) is 18.1. The molecule has 0 aliphatic carbocycles. The van der Waals surface area contributed by atoms with E-state index in [-0.39, 0.29) is 12.6 Å². The first-order chi connectivity index (χ1) is 10.8. The molecule has 0 amide bonds. The molecular formula is C14H24N4O4S. The van der Waals surface area contributed by atoms with Crippen molar-refractivity contribution in [2.24, 2.45) is 0 Å². The van der Waals surface area contributed by atoms with E-state index >= 15 is 0 Å². The molecule has 1 fully saturated rings. The van der Waals surface area contributed by atoms with Gasteiger partial charge in [-0.2, -0.15) is 4.31 Å². The minimum atomic E-state index is -3.23. The van der Waals surface area contributed by atoms with Gasteiger partial charge >= 0.3 is 0 Å². The van der Waals surface area contributed by atoms with Gasteiger partial charge in [0.05, 0.1) is 25.2 Å². The van der Waals surface area contributed by atoms with Crippen molar-refractivity contribution in [1.29, 1.82) is 0 Å². The summed E-state index contributed by atoms with van der Waals surface area (Å²) in [6, 6.07) is 1.85. The van der Waals surface area contributed by atoms with Crippen LogP contribution in [-0.4, -0.2) is 76.0 Å². The predicted molar refractivity (Wildman–Crippen MR) is 87.0 cm³/mol. The Morgan fingerprint density at radius 1 is 1.48 bits per heavy atom. The highest BCUT2D eigenvalue weighted by Gasteiger charge is 2.29. The summed E-state index contributed by atoms with van der Waals surface area (Å²) in [6.07, 6.45) is 0.833. The fourth-order valence-corrected chi connectivity index (χ4v) is 3.20. The van der Waals surface area contributed by atoms with Crippen molar-refractivity contribution in [3.8, 4) is 0 Å². The van der Waals surface area contributed by atoms with Crippen LogP contribution in [0.3, 0.4) is 0 Å². The first-order valence-electron chi connectivity index (χ1n) is 7.43. The molecule has 130 valence electrons. The Labute approximate surface area is 137 Å². The third-order valence-electron chi connectivity index (χ3n) is 3.69. The lowest BCUT2D eigenvalue weighted by Gasteiger charge is -2.31. The van der Waals surface area contributed by atoms with Crippen molar-refractivity contribution in [2.45, 2.75) is 13.0 Å². The summed E-state index contributed by atoms with van der Waals surface area (Å²) in [5.74, 6) is 1.39. The quantitative estimate of drug-likeness (QED) is 0.729. The third kappa shape index (κ3) is 4.84. The van der Waals surface area contributed by atoms with Crippen LogP contribution in [0.5, 0.6) is 0 Å². The summed E-state index contributed by atoms with van der Waals surface area (Å²) in [5.41, 5.74) is 0.699. The summed E-state index contributed by atoms with van der Waals surface area (Å²) in [5, 5.41) is 0. The van der Waals surface area contributed by atoms with Crippen molar-refractivity contribution in [1.82, 2.24) is 14.3 Å².